The van der Waals surface area contributed by atoms with E-state index in [1.165, 1.54) is 7.11 Å². The first kappa shape index (κ1) is 14.1. The van der Waals surface area contributed by atoms with Crippen LogP contribution in [0.4, 0.5) is 5.69 Å². The van der Waals surface area contributed by atoms with E-state index in [1.807, 2.05) is 0 Å². The Morgan fingerprint density at radius 3 is 2.41 bits per heavy atom. The van der Waals surface area contributed by atoms with Crippen LogP contribution in [0, 0.1) is 0 Å². The van der Waals surface area contributed by atoms with Crippen LogP contribution in [0.2, 0.25) is 10.0 Å². The number of halogens is 2. The lowest BCUT2D eigenvalue weighted by atomic mass is 10.2. The summed E-state index contributed by atoms with van der Waals surface area (Å²) in [5.41, 5.74) is 6.04. The second kappa shape index (κ2) is 6.10. The Labute approximate surface area is 110 Å². The third kappa shape index (κ3) is 4.07. The molecule has 0 aromatic heterocycles. The van der Waals surface area contributed by atoms with Crippen LogP contribution in [0.25, 0.3) is 0 Å². The third-order valence-corrected chi connectivity index (χ3v) is 2.56. The summed E-state index contributed by atoms with van der Waals surface area (Å²) < 4.78 is 5.00. The summed E-state index contributed by atoms with van der Waals surface area (Å²) in [5, 5.41) is 3.35. The molecular formula is C11H14Cl2N2O2. The van der Waals surface area contributed by atoms with Crippen LogP contribution in [0.15, 0.2) is 12.1 Å². The molecule has 0 saturated heterocycles. The molecule has 6 heteroatoms. The molecule has 0 heterocycles. The molecule has 0 fully saturated rings. The van der Waals surface area contributed by atoms with Gasteiger partial charge in [0.15, 0.2) is 5.75 Å². The number of hydrogen-bond acceptors (Lipinski definition) is 3. The van der Waals surface area contributed by atoms with Crippen molar-refractivity contribution in [2.75, 3.05) is 12.4 Å². The molecule has 0 bridgehead atoms. The molecule has 1 amide bonds. The highest BCUT2D eigenvalue weighted by molar-refractivity contribution is 6.37. The van der Waals surface area contributed by atoms with E-state index in [9.17, 15) is 4.79 Å². The first-order valence-electron chi connectivity index (χ1n) is 5.02. The number of carbonyl (C=O) groups excluding carboxylic acids is 1. The van der Waals surface area contributed by atoms with Gasteiger partial charge < -0.3 is 15.8 Å². The minimum absolute atomic E-state index is 0.183. The van der Waals surface area contributed by atoms with Crippen molar-refractivity contribution < 1.29 is 9.53 Å². The Morgan fingerprint density at radius 1 is 1.47 bits per heavy atom. The van der Waals surface area contributed by atoms with E-state index in [-0.39, 0.29) is 18.4 Å². The van der Waals surface area contributed by atoms with Gasteiger partial charge in [-0.25, -0.2) is 0 Å². The van der Waals surface area contributed by atoms with Gasteiger partial charge in [0.05, 0.1) is 17.2 Å². The van der Waals surface area contributed by atoms with Crippen LogP contribution >= 0.6 is 23.2 Å². The van der Waals surface area contributed by atoms with Gasteiger partial charge in [0.25, 0.3) is 0 Å². The molecule has 0 spiro atoms. The average Bonchev–Trinajstić information content (AvgIpc) is 2.15. The minimum atomic E-state index is -0.195. The van der Waals surface area contributed by atoms with E-state index in [2.05, 4.69) is 5.32 Å². The van der Waals surface area contributed by atoms with Gasteiger partial charge in [-0.3, -0.25) is 4.79 Å². The third-order valence-electron chi connectivity index (χ3n) is 1.99. The fraction of sp³-hybridized carbons (Fsp3) is 0.364. The highest BCUT2D eigenvalue weighted by Crippen LogP contribution is 2.35. The monoisotopic (exact) mass is 276 g/mol. The van der Waals surface area contributed by atoms with Gasteiger partial charge in [-0.2, -0.15) is 0 Å². The van der Waals surface area contributed by atoms with Gasteiger partial charge in [-0.1, -0.05) is 23.2 Å². The number of methoxy groups -OCH3 is 1. The van der Waals surface area contributed by atoms with Crippen molar-refractivity contribution >= 4 is 34.8 Å². The first-order valence-corrected chi connectivity index (χ1v) is 5.78. The number of nitrogens with two attached hydrogens (primary N) is 1. The highest BCUT2D eigenvalue weighted by Gasteiger charge is 2.11. The Bertz CT molecular complexity index is 399. The zero-order valence-electron chi connectivity index (χ0n) is 9.59. The summed E-state index contributed by atoms with van der Waals surface area (Å²) in [5.74, 6) is 0.204. The molecule has 1 rings (SSSR count). The summed E-state index contributed by atoms with van der Waals surface area (Å²) in [6.45, 7) is 1.76. The number of nitrogens with one attached hydrogen (secondary N) is 1. The van der Waals surface area contributed by atoms with Crippen molar-refractivity contribution in [3.8, 4) is 5.75 Å². The maximum Gasteiger partial charge on any atom is 0.225 e. The van der Waals surface area contributed by atoms with Crippen LogP contribution in [-0.4, -0.2) is 19.1 Å². The first-order chi connectivity index (χ1) is 7.93. The number of benzene rings is 1. The number of amides is 1. The van der Waals surface area contributed by atoms with Crippen LogP contribution in [0.3, 0.4) is 0 Å². The van der Waals surface area contributed by atoms with Crippen molar-refractivity contribution in [3.05, 3.63) is 22.2 Å². The zero-order valence-corrected chi connectivity index (χ0v) is 11.1. The van der Waals surface area contributed by atoms with Gasteiger partial charge in [-0.15, -0.1) is 0 Å². The Balaban J connectivity index is 2.83. The number of carbonyl (C=O) groups is 1. The van der Waals surface area contributed by atoms with E-state index in [0.717, 1.165) is 0 Å². The van der Waals surface area contributed by atoms with Crippen molar-refractivity contribution in [2.45, 2.75) is 19.4 Å². The molecule has 0 aliphatic rings. The van der Waals surface area contributed by atoms with E-state index in [1.54, 1.807) is 19.1 Å². The lowest BCUT2D eigenvalue weighted by molar-refractivity contribution is -0.116. The number of ether oxygens (including phenoxy) is 1. The largest absolute Gasteiger partial charge is 0.494 e. The Morgan fingerprint density at radius 2 is 2.00 bits per heavy atom. The lowest BCUT2D eigenvalue weighted by Crippen LogP contribution is -2.23. The Hall–Kier alpha value is -0.970. The van der Waals surface area contributed by atoms with Crippen molar-refractivity contribution in [1.29, 1.82) is 0 Å². The summed E-state index contributed by atoms with van der Waals surface area (Å²) >= 11 is 11.9. The maximum atomic E-state index is 11.5. The van der Waals surface area contributed by atoms with Crippen molar-refractivity contribution in [3.63, 3.8) is 0 Å². The SMILES string of the molecule is COc1c(Cl)cc(NC(=O)CC(C)N)cc1Cl. The number of rotatable bonds is 4. The number of anilines is 1. The summed E-state index contributed by atoms with van der Waals surface area (Å²) in [7, 11) is 1.47. The fourth-order valence-electron chi connectivity index (χ4n) is 1.33. The molecule has 3 N–H and O–H groups in total. The van der Waals surface area contributed by atoms with E-state index >= 15 is 0 Å². The molecule has 0 saturated carbocycles. The quantitative estimate of drug-likeness (QED) is 0.889. The smallest absolute Gasteiger partial charge is 0.225 e. The van der Waals surface area contributed by atoms with Gasteiger partial charge in [0, 0.05) is 18.2 Å². The van der Waals surface area contributed by atoms with Gasteiger partial charge in [0.2, 0.25) is 5.91 Å². The number of hydrogen-bond donors (Lipinski definition) is 2. The van der Waals surface area contributed by atoms with E-state index in [4.69, 9.17) is 33.7 Å². The van der Waals surface area contributed by atoms with Crippen LogP contribution in [0.1, 0.15) is 13.3 Å². The summed E-state index contributed by atoms with van der Waals surface area (Å²) in [6.07, 6.45) is 0.237. The molecule has 94 valence electrons. The molecule has 1 aromatic carbocycles. The molecular weight excluding hydrogens is 263 g/mol. The standard InChI is InChI=1S/C11H14Cl2N2O2/c1-6(14)3-10(16)15-7-4-8(12)11(17-2)9(13)5-7/h4-6H,3,14H2,1-2H3,(H,15,16). The summed E-state index contributed by atoms with van der Waals surface area (Å²) in [6, 6.07) is 2.95. The summed E-state index contributed by atoms with van der Waals surface area (Å²) in [4.78, 5) is 11.5. The highest BCUT2D eigenvalue weighted by atomic mass is 35.5. The van der Waals surface area contributed by atoms with Crippen LogP contribution in [-0.2, 0) is 4.79 Å². The topological polar surface area (TPSA) is 64.3 Å². The predicted octanol–water partition coefficient (Wildman–Crippen LogP) is 2.68. The minimum Gasteiger partial charge on any atom is -0.494 e. The van der Waals surface area contributed by atoms with Crippen molar-refractivity contribution in [1.82, 2.24) is 0 Å². The van der Waals surface area contributed by atoms with Crippen molar-refractivity contribution in [2.24, 2.45) is 5.73 Å². The molecule has 0 aliphatic carbocycles. The van der Waals surface area contributed by atoms with Gasteiger partial charge in [-0.05, 0) is 19.1 Å². The maximum absolute atomic E-state index is 11.5. The molecule has 1 atom stereocenters. The average molecular weight is 277 g/mol. The molecule has 1 aromatic rings. The second-order valence-electron chi connectivity index (χ2n) is 3.70. The van der Waals surface area contributed by atoms with E-state index < -0.39 is 0 Å². The van der Waals surface area contributed by atoms with Crippen LogP contribution in [0.5, 0.6) is 5.75 Å². The van der Waals surface area contributed by atoms with Gasteiger partial charge >= 0.3 is 0 Å². The van der Waals surface area contributed by atoms with E-state index in [0.29, 0.717) is 21.5 Å². The molecule has 1 unspecified atom stereocenters. The second-order valence-corrected chi connectivity index (χ2v) is 4.52. The lowest BCUT2D eigenvalue weighted by Gasteiger charge is -2.10. The molecule has 0 radical (unpaired) electrons. The van der Waals surface area contributed by atoms with Crippen LogP contribution < -0.4 is 15.8 Å². The van der Waals surface area contributed by atoms with Gasteiger partial charge in [0.1, 0.15) is 0 Å². The molecule has 0 aliphatic heterocycles. The molecule has 4 nitrogen and oxygen atoms in total. The zero-order chi connectivity index (χ0) is 13.0. The predicted molar refractivity (Wildman–Crippen MR) is 69.9 cm³/mol. The molecule has 17 heavy (non-hydrogen) atoms. The normalized spacial score (nSPS) is 12.1. The Kier molecular flexibility index (Phi) is 5.05. The fourth-order valence-corrected chi connectivity index (χ4v) is 1.97.